The quantitative estimate of drug-likeness (QED) is 0.373. The molecule has 0 saturated carbocycles. The number of carbonyl (C=O) groups is 2. The molecule has 36 heavy (non-hydrogen) atoms. The van der Waals surface area contributed by atoms with Crippen molar-refractivity contribution in [2.24, 2.45) is 0 Å². The molecule has 4 aromatic rings. The van der Waals surface area contributed by atoms with Crippen LogP contribution in [0.5, 0.6) is 5.75 Å². The second-order valence-electron chi connectivity index (χ2n) is 8.92. The molecule has 2 amide bonds. The van der Waals surface area contributed by atoms with Crippen LogP contribution in [0.2, 0.25) is 0 Å². The third-order valence-electron chi connectivity index (χ3n) is 6.19. The number of methoxy groups -OCH3 is 1. The first-order valence-electron chi connectivity index (χ1n) is 11.6. The average Bonchev–Trinajstić information content (AvgIpc) is 3.25. The predicted octanol–water partition coefficient (Wildman–Crippen LogP) is 5.63. The largest absolute Gasteiger partial charge is 0.496 e. The number of rotatable bonds is 6. The molecule has 4 rings (SSSR count). The summed E-state index contributed by atoms with van der Waals surface area (Å²) in [5.74, 6) is 0.890. The maximum absolute atomic E-state index is 13.1. The summed E-state index contributed by atoms with van der Waals surface area (Å²) in [4.78, 5) is 34.8. The van der Waals surface area contributed by atoms with Crippen LogP contribution in [0.1, 0.15) is 37.7 Å². The molecule has 0 aliphatic rings. The molecule has 0 unspecified atom stereocenters. The third kappa shape index (κ3) is 4.73. The van der Waals surface area contributed by atoms with Gasteiger partial charge < -0.3 is 19.9 Å². The number of H-pyrrole nitrogens is 1. The molecule has 184 valence electrons. The zero-order chi connectivity index (χ0) is 26.0. The van der Waals surface area contributed by atoms with Crippen LogP contribution in [0.4, 0.5) is 5.69 Å². The Balaban J connectivity index is 1.68. The van der Waals surface area contributed by atoms with E-state index in [0.29, 0.717) is 28.5 Å². The van der Waals surface area contributed by atoms with Gasteiger partial charge in [-0.1, -0.05) is 30.3 Å². The van der Waals surface area contributed by atoms with Gasteiger partial charge in [0.25, 0.3) is 11.8 Å². The zero-order valence-electron chi connectivity index (χ0n) is 21.4. The normalized spacial score (nSPS) is 10.7. The van der Waals surface area contributed by atoms with Crippen molar-refractivity contribution in [3.63, 3.8) is 0 Å². The summed E-state index contributed by atoms with van der Waals surface area (Å²) >= 11 is 0. The summed E-state index contributed by atoms with van der Waals surface area (Å²) in [6, 6.07) is 18.9. The van der Waals surface area contributed by atoms with Crippen LogP contribution in [0.25, 0.3) is 22.5 Å². The minimum absolute atomic E-state index is 0.135. The lowest BCUT2D eigenvalue weighted by molar-refractivity contribution is 0.0827. The smallest absolute Gasteiger partial charge is 0.276 e. The van der Waals surface area contributed by atoms with Crippen LogP contribution in [0, 0.1) is 20.8 Å². The van der Waals surface area contributed by atoms with E-state index >= 15 is 0 Å². The van der Waals surface area contributed by atoms with Crippen molar-refractivity contribution >= 4 is 17.5 Å². The fraction of sp³-hybridized carbons (Fsp3) is 0.207. The Hall–Kier alpha value is -4.39. The van der Waals surface area contributed by atoms with Crippen molar-refractivity contribution < 1.29 is 14.3 Å². The van der Waals surface area contributed by atoms with E-state index in [2.05, 4.69) is 34.3 Å². The molecular weight excluding hydrogens is 452 g/mol. The molecule has 7 heteroatoms. The van der Waals surface area contributed by atoms with Gasteiger partial charge >= 0.3 is 0 Å². The van der Waals surface area contributed by atoms with Gasteiger partial charge in [0, 0.05) is 42.2 Å². The fourth-order valence-electron chi connectivity index (χ4n) is 4.29. The Morgan fingerprint density at radius 1 is 0.944 bits per heavy atom. The molecule has 0 spiro atoms. The molecule has 7 nitrogen and oxygen atoms in total. The number of aromatic amines is 1. The van der Waals surface area contributed by atoms with Crippen LogP contribution >= 0.6 is 0 Å². The Bertz CT molecular complexity index is 1450. The Labute approximate surface area is 211 Å². The van der Waals surface area contributed by atoms with E-state index < -0.39 is 0 Å². The minimum Gasteiger partial charge on any atom is -0.496 e. The van der Waals surface area contributed by atoms with Crippen LogP contribution in [0.15, 0.2) is 60.7 Å². The summed E-state index contributed by atoms with van der Waals surface area (Å²) in [6.45, 7) is 5.92. The average molecular weight is 483 g/mol. The summed E-state index contributed by atoms with van der Waals surface area (Å²) in [7, 11) is 5.04. The number of nitrogens with zero attached hydrogens (tertiary/aromatic N) is 2. The first kappa shape index (κ1) is 24.7. The lowest BCUT2D eigenvalue weighted by atomic mass is 9.92. The topological polar surface area (TPSA) is 87.3 Å². The van der Waals surface area contributed by atoms with Gasteiger partial charge in [0.05, 0.1) is 7.11 Å². The highest BCUT2D eigenvalue weighted by molar-refractivity contribution is 6.05. The molecule has 0 atom stereocenters. The van der Waals surface area contributed by atoms with Crippen LogP contribution in [0.3, 0.4) is 0 Å². The number of hydrogen-bond donors (Lipinski definition) is 2. The highest BCUT2D eigenvalue weighted by atomic mass is 16.5. The number of anilines is 1. The van der Waals surface area contributed by atoms with Crippen molar-refractivity contribution in [2.75, 3.05) is 26.5 Å². The summed E-state index contributed by atoms with van der Waals surface area (Å²) < 4.78 is 5.68. The van der Waals surface area contributed by atoms with E-state index in [0.717, 1.165) is 33.6 Å². The first-order chi connectivity index (χ1) is 17.2. The van der Waals surface area contributed by atoms with E-state index in [1.807, 2.05) is 38.1 Å². The highest BCUT2D eigenvalue weighted by Crippen LogP contribution is 2.39. The molecule has 0 aliphatic carbocycles. The molecule has 1 heterocycles. The molecule has 0 aliphatic heterocycles. The number of aryl methyl sites for hydroxylation is 2. The molecule has 2 N–H and O–H groups in total. The van der Waals surface area contributed by atoms with E-state index in [9.17, 15) is 9.59 Å². The number of aromatic nitrogens is 2. The van der Waals surface area contributed by atoms with Crippen molar-refractivity contribution in [2.45, 2.75) is 20.8 Å². The molecule has 1 aromatic heterocycles. The second-order valence-corrected chi connectivity index (χ2v) is 8.92. The lowest BCUT2D eigenvalue weighted by Gasteiger charge is -2.16. The van der Waals surface area contributed by atoms with Gasteiger partial charge in [0.15, 0.2) is 0 Å². The fourth-order valence-corrected chi connectivity index (χ4v) is 4.29. The van der Waals surface area contributed by atoms with Gasteiger partial charge in [-0.25, -0.2) is 4.98 Å². The lowest BCUT2D eigenvalue weighted by Crippen LogP contribution is -2.22. The SMILES string of the molecule is COc1ccc(-c2nc(C(=O)Nc3cccc(C(=O)N(C)C)c3)c(C)[nH]2)c(C)c1-c1ccccc1C. The zero-order valence-corrected chi connectivity index (χ0v) is 21.4. The maximum Gasteiger partial charge on any atom is 0.276 e. The van der Waals surface area contributed by atoms with Crippen LogP contribution < -0.4 is 10.1 Å². The van der Waals surface area contributed by atoms with Gasteiger partial charge in [-0.05, 0) is 67.8 Å². The van der Waals surface area contributed by atoms with Gasteiger partial charge in [0.1, 0.15) is 17.3 Å². The Morgan fingerprint density at radius 2 is 1.69 bits per heavy atom. The summed E-state index contributed by atoms with van der Waals surface area (Å²) in [6.07, 6.45) is 0. The maximum atomic E-state index is 13.1. The molecule has 3 aromatic carbocycles. The van der Waals surface area contributed by atoms with Gasteiger partial charge in [-0.2, -0.15) is 0 Å². The third-order valence-corrected chi connectivity index (χ3v) is 6.19. The highest BCUT2D eigenvalue weighted by Gasteiger charge is 2.21. The molecule has 0 saturated heterocycles. The standard InChI is InChI=1S/C29H30N4O3/c1-17-10-7-8-13-22(17)25-18(2)23(14-15-24(25)36-6)27-30-19(3)26(32-27)28(34)31-21-12-9-11-20(16-21)29(35)33(4)5/h7-16H,1-6H3,(H,30,32)(H,31,34). The van der Waals surface area contributed by atoms with E-state index in [-0.39, 0.29) is 11.8 Å². The number of benzene rings is 3. The Kier molecular flexibility index (Phi) is 6.92. The number of nitrogens with one attached hydrogen (secondary N) is 2. The van der Waals surface area contributed by atoms with E-state index in [4.69, 9.17) is 4.74 Å². The predicted molar refractivity (Wildman–Crippen MR) is 143 cm³/mol. The minimum atomic E-state index is -0.352. The van der Waals surface area contributed by atoms with Gasteiger partial charge in [0.2, 0.25) is 0 Å². The number of imidazole rings is 1. The molecular formula is C29H30N4O3. The monoisotopic (exact) mass is 482 g/mol. The first-order valence-corrected chi connectivity index (χ1v) is 11.6. The van der Waals surface area contributed by atoms with E-state index in [1.54, 1.807) is 45.5 Å². The van der Waals surface area contributed by atoms with Crippen molar-refractivity contribution in [1.82, 2.24) is 14.9 Å². The number of ether oxygens (including phenoxy) is 1. The number of carbonyl (C=O) groups excluding carboxylic acids is 2. The van der Waals surface area contributed by atoms with Crippen molar-refractivity contribution in [3.8, 4) is 28.3 Å². The Morgan fingerprint density at radius 3 is 2.39 bits per heavy atom. The van der Waals surface area contributed by atoms with Gasteiger partial charge in [-0.3, -0.25) is 9.59 Å². The number of amides is 2. The molecule has 0 bridgehead atoms. The van der Waals surface area contributed by atoms with Gasteiger partial charge in [-0.15, -0.1) is 0 Å². The molecule has 0 radical (unpaired) electrons. The van der Waals surface area contributed by atoms with Crippen molar-refractivity contribution in [3.05, 3.63) is 88.7 Å². The van der Waals surface area contributed by atoms with Crippen LogP contribution in [-0.2, 0) is 0 Å². The molecule has 0 fully saturated rings. The van der Waals surface area contributed by atoms with Crippen LogP contribution in [-0.4, -0.2) is 47.9 Å². The number of hydrogen-bond acceptors (Lipinski definition) is 4. The summed E-state index contributed by atoms with van der Waals surface area (Å²) in [5, 5.41) is 2.86. The summed E-state index contributed by atoms with van der Waals surface area (Å²) in [5.41, 5.74) is 7.07. The second kappa shape index (κ2) is 10.1. The van der Waals surface area contributed by atoms with Crippen molar-refractivity contribution in [1.29, 1.82) is 0 Å². The van der Waals surface area contributed by atoms with E-state index in [1.165, 1.54) is 4.90 Å².